The molecule has 0 amide bonds. The Labute approximate surface area is 142 Å². The minimum Gasteiger partial charge on any atom is -0.258 e. The summed E-state index contributed by atoms with van der Waals surface area (Å²) in [7, 11) is 0. The minimum atomic E-state index is -0.398. The molecular weight excluding hydrogens is 322 g/mol. The zero-order valence-corrected chi connectivity index (χ0v) is 13.5. The molecule has 1 aliphatic carbocycles. The van der Waals surface area contributed by atoms with Gasteiger partial charge >= 0.3 is 0 Å². The summed E-state index contributed by atoms with van der Waals surface area (Å²) in [6, 6.07) is 14.9. The molecule has 1 aliphatic rings. The van der Waals surface area contributed by atoms with Crippen LogP contribution >= 0.6 is 11.3 Å². The van der Waals surface area contributed by atoms with Crippen LogP contribution in [0.2, 0.25) is 0 Å². The lowest BCUT2D eigenvalue weighted by Gasteiger charge is -2.13. The van der Waals surface area contributed by atoms with Crippen molar-refractivity contribution in [3.8, 4) is 10.4 Å². The van der Waals surface area contributed by atoms with Gasteiger partial charge in [-0.15, -0.1) is 0 Å². The number of aryl methyl sites for hydroxylation is 2. The van der Waals surface area contributed by atoms with Gasteiger partial charge in [0.15, 0.2) is 0 Å². The van der Waals surface area contributed by atoms with Gasteiger partial charge in [0, 0.05) is 12.3 Å². The molecule has 0 radical (unpaired) electrons. The van der Waals surface area contributed by atoms with Gasteiger partial charge in [-0.25, -0.2) is 9.98 Å². The maximum Gasteiger partial charge on any atom is 0.278 e. The summed E-state index contributed by atoms with van der Waals surface area (Å²) in [5, 5.41) is 11.7. The predicted molar refractivity (Wildman–Crippen MR) is 95.3 cm³/mol. The molecule has 0 fully saturated rings. The molecule has 0 N–H and O–H groups in total. The smallest absolute Gasteiger partial charge is 0.258 e. The van der Waals surface area contributed by atoms with E-state index in [0.29, 0.717) is 10.7 Å². The number of para-hydroxylation sites is 1. The first-order valence-corrected chi connectivity index (χ1v) is 8.39. The Kier molecular flexibility index (Phi) is 3.66. The number of hydrogen-bond acceptors (Lipinski definition) is 5. The molecule has 5 nitrogen and oxygen atoms in total. The van der Waals surface area contributed by atoms with Gasteiger partial charge in [0.05, 0.1) is 21.1 Å². The Morgan fingerprint density at radius 3 is 2.79 bits per heavy atom. The topological polar surface area (TPSA) is 68.4 Å². The molecule has 4 rings (SSSR count). The van der Waals surface area contributed by atoms with Crippen molar-refractivity contribution in [2.75, 3.05) is 0 Å². The molecule has 1 heterocycles. The fourth-order valence-electron chi connectivity index (χ4n) is 2.87. The van der Waals surface area contributed by atoms with Crippen molar-refractivity contribution >= 4 is 28.4 Å². The van der Waals surface area contributed by atoms with Crippen LogP contribution in [-0.4, -0.2) is 16.1 Å². The lowest BCUT2D eigenvalue weighted by molar-refractivity contribution is -0.385. The molecule has 0 saturated carbocycles. The highest BCUT2D eigenvalue weighted by molar-refractivity contribution is 7.18. The van der Waals surface area contributed by atoms with E-state index in [4.69, 9.17) is 0 Å². The molecule has 0 bridgehead atoms. The van der Waals surface area contributed by atoms with Gasteiger partial charge in [0.2, 0.25) is 5.13 Å². The first kappa shape index (κ1) is 14.7. The van der Waals surface area contributed by atoms with E-state index in [1.54, 1.807) is 18.2 Å². The Balaban J connectivity index is 1.69. The second-order valence-corrected chi connectivity index (χ2v) is 6.48. The second kappa shape index (κ2) is 5.98. The van der Waals surface area contributed by atoms with Gasteiger partial charge in [-0.2, -0.15) is 0 Å². The number of fused-ring (bicyclic) bond motifs is 3. The lowest BCUT2D eigenvalue weighted by atomic mass is 9.94. The molecule has 0 spiro atoms. The van der Waals surface area contributed by atoms with Gasteiger partial charge in [-0.1, -0.05) is 47.7 Å². The number of aromatic nitrogens is 1. The summed E-state index contributed by atoms with van der Waals surface area (Å²) < 4.78 is 0. The highest BCUT2D eigenvalue weighted by Crippen LogP contribution is 2.40. The van der Waals surface area contributed by atoms with E-state index in [2.05, 4.69) is 28.2 Å². The van der Waals surface area contributed by atoms with Crippen molar-refractivity contribution in [3.63, 3.8) is 0 Å². The van der Waals surface area contributed by atoms with Crippen molar-refractivity contribution < 1.29 is 4.92 Å². The summed E-state index contributed by atoms with van der Waals surface area (Å²) >= 11 is 1.53. The third-order valence-corrected chi connectivity index (χ3v) is 5.07. The SMILES string of the molecule is O=[N+]([O-])c1ccccc1C=Nc1nc2c(s1)-c1ccccc1CC2. The quantitative estimate of drug-likeness (QED) is 0.400. The highest BCUT2D eigenvalue weighted by Gasteiger charge is 2.20. The van der Waals surface area contributed by atoms with E-state index >= 15 is 0 Å². The Hall–Kier alpha value is -2.86. The van der Waals surface area contributed by atoms with Crippen LogP contribution in [0.3, 0.4) is 0 Å². The minimum absolute atomic E-state index is 0.0490. The zero-order chi connectivity index (χ0) is 16.5. The van der Waals surface area contributed by atoms with Crippen molar-refractivity contribution in [2.45, 2.75) is 12.8 Å². The lowest BCUT2D eigenvalue weighted by Crippen LogP contribution is -2.01. The zero-order valence-electron chi connectivity index (χ0n) is 12.7. The van der Waals surface area contributed by atoms with Crippen LogP contribution in [0.25, 0.3) is 10.4 Å². The number of aliphatic imine (C=N–C) groups is 1. The molecule has 24 heavy (non-hydrogen) atoms. The van der Waals surface area contributed by atoms with E-state index in [9.17, 15) is 10.1 Å². The first-order valence-electron chi connectivity index (χ1n) is 7.58. The molecule has 0 atom stereocenters. The molecule has 0 unspecified atom stereocenters. The van der Waals surface area contributed by atoms with Crippen molar-refractivity contribution in [2.24, 2.45) is 4.99 Å². The van der Waals surface area contributed by atoms with Crippen LogP contribution in [0.5, 0.6) is 0 Å². The van der Waals surface area contributed by atoms with E-state index in [1.165, 1.54) is 34.7 Å². The molecule has 0 aliphatic heterocycles. The monoisotopic (exact) mass is 335 g/mol. The average Bonchev–Trinajstić information content (AvgIpc) is 3.03. The number of thiazole rings is 1. The summed E-state index contributed by atoms with van der Waals surface area (Å²) in [6.45, 7) is 0. The molecule has 2 aromatic carbocycles. The summed E-state index contributed by atoms with van der Waals surface area (Å²) in [4.78, 5) is 20.8. The average molecular weight is 335 g/mol. The van der Waals surface area contributed by atoms with Crippen LogP contribution in [0.4, 0.5) is 10.8 Å². The first-order chi connectivity index (χ1) is 11.7. The number of rotatable bonds is 3. The molecular formula is C18H13N3O2S. The van der Waals surface area contributed by atoms with Gasteiger partial charge in [-0.05, 0) is 30.0 Å². The van der Waals surface area contributed by atoms with Gasteiger partial charge < -0.3 is 0 Å². The van der Waals surface area contributed by atoms with E-state index < -0.39 is 4.92 Å². The molecule has 3 aromatic rings. The Morgan fingerprint density at radius 1 is 1.12 bits per heavy atom. The van der Waals surface area contributed by atoms with Crippen LogP contribution in [0, 0.1) is 10.1 Å². The largest absolute Gasteiger partial charge is 0.278 e. The fourth-order valence-corrected chi connectivity index (χ4v) is 3.89. The third kappa shape index (κ3) is 2.61. The number of hydrogen-bond donors (Lipinski definition) is 0. The van der Waals surface area contributed by atoms with Crippen LogP contribution in [0.1, 0.15) is 16.8 Å². The van der Waals surface area contributed by atoms with E-state index in [-0.39, 0.29) is 5.69 Å². The van der Waals surface area contributed by atoms with Gasteiger partial charge in [-0.3, -0.25) is 10.1 Å². The van der Waals surface area contributed by atoms with E-state index in [0.717, 1.165) is 23.4 Å². The number of nitro benzene ring substituents is 1. The van der Waals surface area contributed by atoms with Crippen molar-refractivity contribution in [1.29, 1.82) is 0 Å². The molecule has 1 aromatic heterocycles. The summed E-state index contributed by atoms with van der Waals surface area (Å²) in [5.74, 6) is 0. The van der Waals surface area contributed by atoms with Crippen molar-refractivity contribution in [1.82, 2.24) is 4.98 Å². The molecule has 118 valence electrons. The van der Waals surface area contributed by atoms with Gasteiger partial charge in [0.25, 0.3) is 5.69 Å². The van der Waals surface area contributed by atoms with Crippen LogP contribution in [0.15, 0.2) is 53.5 Å². The maximum atomic E-state index is 11.1. The number of nitrogens with zero attached hydrogens (tertiary/aromatic N) is 3. The Bertz CT molecular complexity index is 962. The maximum absolute atomic E-state index is 11.1. The van der Waals surface area contributed by atoms with Crippen molar-refractivity contribution in [3.05, 3.63) is 75.5 Å². The predicted octanol–water partition coefficient (Wildman–Crippen LogP) is 4.57. The standard InChI is InChI=1S/C18H13N3O2S/c22-21(23)16-8-4-2-6-13(16)11-19-18-20-15-10-9-12-5-1-3-7-14(12)17(15)24-18/h1-8,11H,9-10H2. The van der Waals surface area contributed by atoms with Crippen LogP contribution < -0.4 is 0 Å². The van der Waals surface area contributed by atoms with Gasteiger partial charge in [0.1, 0.15) is 0 Å². The third-order valence-electron chi connectivity index (χ3n) is 4.03. The molecule has 6 heteroatoms. The molecule has 0 saturated heterocycles. The van der Waals surface area contributed by atoms with Crippen LogP contribution in [-0.2, 0) is 12.8 Å². The number of benzene rings is 2. The summed E-state index contributed by atoms with van der Waals surface area (Å²) in [6.07, 6.45) is 3.42. The summed E-state index contributed by atoms with van der Waals surface area (Å²) in [5.41, 5.74) is 4.16. The van der Waals surface area contributed by atoms with E-state index in [1.807, 2.05) is 6.07 Å². The highest BCUT2D eigenvalue weighted by atomic mass is 32.1. The number of nitro groups is 1. The fraction of sp³-hybridized carbons (Fsp3) is 0.111. The normalized spacial score (nSPS) is 12.8. The Morgan fingerprint density at radius 2 is 1.92 bits per heavy atom. The second-order valence-electron chi connectivity index (χ2n) is 5.50.